The van der Waals surface area contributed by atoms with Crippen LogP contribution in [0, 0.1) is 0 Å². The maximum atomic E-state index is 12.3. The highest BCUT2D eigenvalue weighted by atomic mass is 79.9. The lowest BCUT2D eigenvalue weighted by atomic mass is 10.2. The van der Waals surface area contributed by atoms with Gasteiger partial charge in [-0.3, -0.25) is 9.59 Å². The van der Waals surface area contributed by atoms with Crippen LogP contribution in [-0.4, -0.2) is 20.6 Å². The summed E-state index contributed by atoms with van der Waals surface area (Å²) in [5.41, 5.74) is 0.985. The van der Waals surface area contributed by atoms with Crippen LogP contribution in [0.25, 0.3) is 11.5 Å². The van der Waals surface area contributed by atoms with Crippen molar-refractivity contribution in [2.24, 2.45) is 0 Å². The van der Waals surface area contributed by atoms with Crippen molar-refractivity contribution in [2.45, 2.75) is 25.3 Å². The second kappa shape index (κ2) is 6.87. The number of carbonyl (C=O) groups is 1. The van der Waals surface area contributed by atoms with Crippen molar-refractivity contribution in [3.05, 3.63) is 63.2 Å². The standard InChI is InChI=1S/C18H15BrN4O3/c19-13-2-1-3-14(8-13)20-15(24)10-23-9-12(6-7-16(23)25)18-21-17(22-26-18)11-4-5-11/h1-3,6-9,11H,4-5,10H2,(H,20,24). The predicted molar refractivity (Wildman–Crippen MR) is 98.7 cm³/mol. The first-order valence-corrected chi connectivity index (χ1v) is 8.98. The van der Waals surface area contributed by atoms with Crippen LogP contribution >= 0.6 is 15.9 Å². The van der Waals surface area contributed by atoms with Gasteiger partial charge >= 0.3 is 0 Å². The van der Waals surface area contributed by atoms with Crippen LogP contribution in [0.5, 0.6) is 0 Å². The SMILES string of the molecule is O=C(Cn1cc(-c2nc(C3CC3)no2)ccc1=O)Nc1cccc(Br)c1. The van der Waals surface area contributed by atoms with Gasteiger partial charge in [0.05, 0.1) is 5.56 Å². The third kappa shape index (κ3) is 3.75. The van der Waals surface area contributed by atoms with Gasteiger partial charge in [-0.1, -0.05) is 27.2 Å². The first-order chi connectivity index (χ1) is 12.6. The molecule has 1 amide bonds. The number of halogens is 1. The molecule has 1 aliphatic rings. The molecule has 0 unspecified atom stereocenters. The molecule has 1 fully saturated rings. The molecule has 0 atom stereocenters. The van der Waals surface area contributed by atoms with E-state index in [2.05, 4.69) is 31.4 Å². The van der Waals surface area contributed by atoms with Crippen molar-refractivity contribution < 1.29 is 9.32 Å². The first-order valence-electron chi connectivity index (χ1n) is 8.18. The van der Waals surface area contributed by atoms with Crippen molar-refractivity contribution in [3.8, 4) is 11.5 Å². The maximum absolute atomic E-state index is 12.3. The number of hydrogen-bond donors (Lipinski definition) is 1. The Hall–Kier alpha value is -2.74. The number of benzene rings is 1. The lowest BCUT2D eigenvalue weighted by Crippen LogP contribution is -2.26. The average molecular weight is 415 g/mol. The van der Waals surface area contributed by atoms with Crippen molar-refractivity contribution in [1.82, 2.24) is 14.7 Å². The van der Waals surface area contributed by atoms with E-state index in [1.807, 2.05) is 12.1 Å². The van der Waals surface area contributed by atoms with E-state index in [9.17, 15) is 9.59 Å². The predicted octanol–water partition coefficient (Wildman–Crippen LogP) is 3.18. The summed E-state index contributed by atoms with van der Waals surface area (Å²) in [7, 11) is 0. The van der Waals surface area contributed by atoms with E-state index < -0.39 is 0 Å². The molecule has 1 aromatic carbocycles. The third-order valence-corrected chi connectivity index (χ3v) is 4.53. The monoisotopic (exact) mass is 414 g/mol. The number of pyridine rings is 1. The molecule has 7 nitrogen and oxygen atoms in total. The zero-order chi connectivity index (χ0) is 18.1. The first kappa shape index (κ1) is 16.7. The van der Waals surface area contributed by atoms with E-state index in [-0.39, 0.29) is 18.0 Å². The molecule has 4 rings (SSSR count). The second-order valence-corrected chi connectivity index (χ2v) is 7.09. The minimum Gasteiger partial charge on any atom is -0.334 e. The van der Waals surface area contributed by atoms with Gasteiger partial charge in [0.1, 0.15) is 6.54 Å². The molecule has 0 saturated heterocycles. The van der Waals surface area contributed by atoms with Gasteiger partial charge in [0.15, 0.2) is 5.82 Å². The molecule has 0 spiro atoms. The Morgan fingerprint density at radius 2 is 2.15 bits per heavy atom. The van der Waals surface area contributed by atoms with Gasteiger partial charge in [-0.05, 0) is 37.1 Å². The van der Waals surface area contributed by atoms with Crippen molar-refractivity contribution >= 4 is 27.5 Å². The van der Waals surface area contributed by atoms with Crippen molar-refractivity contribution in [2.75, 3.05) is 5.32 Å². The molecule has 1 aliphatic carbocycles. The summed E-state index contributed by atoms with van der Waals surface area (Å²) in [6.45, 7) is -0.108. The molecule has 26 heavy (non-hydrogen) atoms. The normalized spacial score (nSPS) is 13.6. The minimum absolute atomic E-state index is 0.108. The smallest absolute Gasteiger partial charge is 0.259 e. The van der Waals surface area contributed by atoms with E-state index in [1.54, 1.807) is 24.4 Å². The van der Waals surface area contributed by atoms with Gasteiger partial charge in [0, 0.05) is 28.3 Å². The molecule has 1 N–H and O–H groups in total. The zero-order valence-electron chi connectivity index (χ0n) is 13.7. The molecule has 1 saturated carbocycles. The van der Waals surface area contributed by atoms with Crippen LogP contribution in [0.2, 0.25) is 0 Å². The fourth-order valence-corrected chi connectivity index (χ4v) is 2.96. The number of rotatable bonds is 5. The number of nitrogens with zero attached hydrogens (tertiary/aromatic N) is 3. The topological polar surface area (TPSA) is 90.0 Å². The molecule has 0 aliphatic heterocycles. The quantitative estimate of drug-likeness (QED) is 0.692. The molecular weight excluding hydrogens is 400 g/mol. The summed E-state index contributed by atoms with van der Waals surface area (Å²) in [6, 6.07) is 10.3. The molecule has 0 bridgehead atoms. The molecule has 2 heterocycles. The van der Waals surface area contributed by atoms with E-state index in [0.29, 0.717) is 28.9 Å². The Balaban J connectivity index is 1.52. The van der Waals surface area contributed by atoms with Crippen LogP contribution in [0.4, 0.5) is 5.69 Å². The summed E-state index contributed by atoms with van der Waals surface area (Å²) in [5, 5.41) is 6.74. The van der Waals surface area contributed by atoms with E-state index in [1.165, 1.54) is 10.6 Å². The van der Waals surface area contributed by atoms with Crippen LogP contribution in [0.3, 0.4) is 0 Å². The van der Waals surface area contributed by atoms with Gasteiger partial charge in [0.2, 0.25) is 5.91 Å². The highest BCUT2D eigenvalue weighted by molar-refractivity contribution is 9.10. The molecule has 2 aromatic heterocycles. The van der Waals surface area contributed by atoms with Crippen molar-refractivity contribution in [3.63, 3.8) is 0 Å². The molecule has 0 radical (unpaired) electrons. The van der Waals surface area contributed by atoms with Crippen molar-refractivity contribution in [1.29, 1.82) is 0 Å². The Labute approximate surface area is 157 Å². The Kier molecular flexibility index (Phi) is 4.42. The molecule has 132 valence electrons. The highest BCUT2D eigenvalue weighted by Crippen LogP contribution is 2.38. The van der Waals surface area contributed by atoms with Gasteiger partial charge in [-0.2, -0.15) is 4.98 Å². The summed E-state index contributed by atoms with van der Waals surface area (Å²) in [6.07, 6.45) is 3.72. The Bertz CT molecular complexity index is 1020. The van der Waals surface area contributed by atoms with Crippen LogP contribution in [-0.2, 0) is 11.3 Å². The molecule has 8 heteroatoms. The number of carbonyl (C=O) groups excluding carboxylic acids is 1. The van der Waals surface area contributed by atoms with Gasteiger partial charge < -0.3 is 14.4 Å². The van der Waals surface area contributed by atoms with E-state index in [4.69, 9.17) is 4.52 Å². The second-order valence-electron chi connectivity index (χ2n) is 6.17. The largest absolute Gasteiger partial charge is 0.334 e. The van der Waals surface area contributed by atoms with Crippen LogP contribution in [0.1, 0.15) is 24.6 Å². The molecular formula is C18H15BrN4O3. The van der Waals surface area contributed by atoms with E-state index >= 15 is 0 Å². The van der Waals surface area contributed by atoms with E-state index in [0.717, 1.165) is 17.3 Å². The summed E-state index contributed by atoms with van der Waals surface area (Å²) >= 11 is 3.35. The maximum Gasteiger partial charge on any atom is 0.259 e. The van der Waals surface area contributed by atoms with Gasteiger partial charge in [-0.15, -0.1) is 0 Å². The zero-order valence-corrected chi connectivity index (χ0v) is 15.3. The van der Waals surface area contributed by atoms with Crippen LogP contribution < -0.4 is 10.9 Å². The van der Waals surface area contributed by atoms with Crippen LogP contribution in [0.15, 0.2) is 56.4 Å². The number of nitrogens with one attached hydrogen (secondary N) is 1. The third-order valence-electron chi connectivity index (χ3n) is 4.04. The summed E-state index contributed by atoms with van der Waals surface area (Å²) in [4.78, 5) is 28.7. The Morgan fingerprint density at radius 3 is 2.92 bits per heavy atom. The summed E-state index contributed by atoms with van der Waals surface area (Å²) in [5.74, 6) is 1.14. The van der Waals surface area contributed by atoms with Gasteiger partial charge in [-0.25, -0.2) is 0 Å². The fourth-order valence-electron chi connectivity index (χ4n) is 2.56. The summed E-state index contributed by atoms with van der Waals surface area (Å²) < 4.78 is 7.46. The average Bonchev–Trinajstić information content (AvgIpc) is 3.34. The molecule has 3 aromatic rings. The lowest BCUT2D eigenvalue weighted by Gasteiger charge is -2.08. The number of aromatic nitrogens is 3. The van der Waals surface area contributed by atoms with Gasteiger partial charge in [0.25, 0.3) is 11.4 Å². The number of amides is 1. The fraction of sp³-hybridized carbons (Fsp3) is 0.222. The number of hydrogen-bond acceptors (Lipinski definition) is 5. The Morgan fingerprint density at radius 1 is 1.31 bits per heavy atom. The minimum atomic E-state index is -0.299. The lowest BCUT2D eigenvalue weighted by molar-refractivity contribution is -0.116. The number of anilines is 1. The highest BCUT2D eigenvalue weighted by Gasteiger charge is 2.29.